The molecule has 1 fully saturated rings. The summed E-state index contributed by atoms with van der Waals surface area (Å²) < 4.78 is 0. The summed E-state index contributed by atoms with van der Waals surface area (Å²) >= 11 is 0. The average Bonchev–Trinajstić information content (AvgIpc) is 3.04. The van der Waals surface area contributed by atoms with Crippen molar-refractivity contribution in [2.24, 2.45) is 0 Å². The normalized spacial score (nSPS) is 19.7. The van der Waals surface area contributed by atoms with E-state index in [0.29, 0.717) is 6.17 Å². The molecular weight excluding hydrogens is 278 g/mol. The molecule has 1 unspecified atom stereocenters. The number of anilines is 2. The van der Waals surface area contributed by atoms with Crippen LogP contribution in [0.1, 0.15) is 18.4 Å². The smallest absolute Gasteiger partial charge is 0.269 e. The molecule has 4 rings (SSSR count). The zero-order valence-corrected chi connectivity index (χ0v) is 12.2. The summed E-state index contributed by atoms with van der Waals surface area (Å²) in [4.78, 5) is 15.3. The van der Waals surface area contributed by atoms with Crippen molar-refractivity contribution >= 4 is 17.1 Å². The molecule has 2 heterocycles. The second-order valence-electron chi connectivity index (χ2n) is 5.85. The highest BCUT2D eigenvalue weighted by atomic mass is 16.6. The maximum absolute atomic E-state index is 10.8. The van der Waals surface area contributed by atoms with Crippen molar-refractivity contribution in [1.82, 2.24) is 0 Å². The maximum Gasteiger partial charge on any atom is 0.269 e. The zero-order valence-electron chi connectivity index (χ0n) is 12.2. The van der Waals surface area contributed by atoms with Crippen LogP contribution in [-0.2, 0) is 6.54 Å². The van der Waals surface area contributed by atoms with E-state index in [0.717, 1.165) is 25.2 Å². The lowest BCUT2D eigenvalue weighted by molar-refractivity contribution is -0.384. The first-order chi connectivity index (χ1) is 10.7. The van der Waals surface area contributed by atoms with Crippen molar-refractivity contribution < 1.29 is 4.92 Å². The highest BCUT2D eigenvalue weighted by molar-refractivity contribution is 5.64. The first kappa shape index (κ1) is 13.1. The van der Waals surface area contributed by atoms with Gasteiger partial charge in [0.2, 0.25) is 0 Å². The van der Waals surface area contributed by atoms with Crippen molar-refractivity contribution in [1.29, 1.82) is 0 Å². The van der Waals surface area contributed by atoms with Crippen molar-refractivity contribution in [3.8, 4) is 0 Å². The fourth-order valence-electron chi connectivity index (χ4n) is 3.60. The van der Waals surface area contributed by atoms with Gasteiger partial charge >= 0.3 is 0 Å². The molecule has 0 bridgehead atoms. The Morgan fingerprint density at radius 3 is 2.59 bits per heavy atom. The van der Waals surface area contributed by atoms with E-state index in [1.807, 2.05) is 12.1 Å². The maximum atomic E-state index is 10.8. The van der Waals surface area contributed by atoms with Crippen molar-refractivity contribution in [2.45, 2.75) is 25.6 Å². The molecular formula is C17H17N3O2. The van der Waals surface area contributed by atoms with Gasteiger partial charge in [-0.1, -0.05) is 18.2 Å². The van der Waals surface area contributed by atoms with Crippen LogP contribution < -0.4 is 9.80 Å². The number of benzene rings is 2. The Morgan fingerprint density at radius 2 is 1.82 bits per heavy atom. The minimum absolute atomic E-state index is 0.143. The van der Waals surface area contributed by atoms with Gasteiger partial charge in [-0.05, 0) is 36.6 Å². The predicted molar refractivity (Wildman–Crippen MR) is 86.1 cm³/mol. The molecule has 0 aliphatic carbocycles. The number of non-ortho nitro benzene ring substituents is 1. The Hall–Kier alpha value is -2.56. The molecule has 0 aromatic heterocycles. The van der Waals surface area contributed by atoms with Gasteiger partial charge in [0, 0.05) is 36.6 Å². The SMILES string of the molecule is O=[N+]([O-])c1ccc(N2Cc3ccccc3N3CCCC23)cc1. The zero-order chi connectivity index (χ0) is 15.1. The monoisotopic (exact) mass is 295 g/mol. The molecule has 2 aromatic rings. The fraction of sp³-hybridized carbons (Fsp3) is 0.294. The molecule has 1 atom stereocenters. The van der Waals surface area contributed by atoms with Crippen LogP contribution in [0.2, 0.25) is 0 Å². The molecule has 112 valence electrons. The standard InChI is InChI=1S/C17H17N3O2/c21-20(22)15-9-7-14(8-10-15)19-12-13-4-1-2-5-16(13)18-11-3-6-17(18)19/h1-2,4-5,7-10,17H,3,6,11-12H2. The molecule has 0 N–H and O–H groups in total. The molecule has 1 saturated heterocycles. The topological polar surface area (TPSA) is 49.6 Å². The van der Waals surface area contributed by atoms with E-state index < -0.39 is 0 Å². The van der Waals surface area contributed by atoms with Gasteiger partial charge in [-0.25, -0.2) is 0 Å². The van der Waals surface area contributed by atoms with Crippen LogP contribution in [0.4, 0.5) is 17.1 Å². The Morgan fingerprint density at radius 1 is 1.05 bits per heavy atom. The Bertz CT molecular complexity index is 714. The van der Waals surface area contributed by atoms with E-state index in [1.165, 1.54) is 17.7 Å². The number of fused-ring (bicyclic) bond motifs is 3. The molecule has 0 saturated carbocycles. The number of hydrogen-bond acceptors (Lipinski definition) is 4. The minimum Gasteiger partial charge on any atom is -0.351 e. The van der Waals surface area contributed by atoms with Crippen molar-refractivity contribution in [3.63, 3.8) is 0 Å². The number of rotatable bonds is 2. The molecule has 0 amide bonds. The molecule has 5 heteroatoms. The quantitative estimate of drug-likeness (QED) is 0.628. The van der Waals surface area contributed by atoms with E-state index in [2.05, 4.69) is 34.1 Å². The minimum atomic E-state index is -0.350. The van der Waals surface area contributed by atoms with Crippen LogP contribution in [0.3, 0.4) is 0 Å². The largest absolute Gasteiger partial charge is 0.351 e. The third-order valence-corrected chi connectivity index (χ3v) is 4.61. The lowest BCUT2D eigenvalue weighted by Crippen LogP contribution is -2.48. The Kier molecular flexibility index (Phi) is 2.99. The number of para-hydroxylation sites is 1. The van der Waals surface area contributed by atoms with Gasteiger partial charge in [-0.15, -0.1) is 0 Å². The van der Waals surface area contributed by atoms with Crippen LogP contribution in [0.15, 0.2) is 48.5 Å². The van der Waals surface area contributed by atoms with E-state index in [1.54, 1.807) is 12.1 Å². The fourth-order valence-corrected chi connectivity index (χ4v) is 3.60. The van der Waals surface area contributed by atoms with E-state index in [-0.39, 0.29) is 10.6 Å². The summed E-state index contributed by atoms with van der Waals surface area (Å²) in [6.07, 6.45) is 2.67. The van der Waals surface area contributed by atoms with E-state index >= 15 is 0 Å². The third kappa shape index (κ3) is 2.01. The van der Waals surface area contributed by atoms with Crippen molar-refractivity contribution in [2.75, 3.05) is 16.3 Å². The molecule has 2 aromatic carbocycles. The lowest BCUT2D eigenvalue weighted by Gasteiger charge is -2.43. The number of hydrogen-bond donors (Lipinski definition) is 0. The highest BCUT2D eigenvalue weighted by Crippen LogP contribution is 2.38. The molecule has 2 aliphatic heterocycles. The molecule has 0 radical (unpaired) electrons. The van der Waals surface area contributed by atoms with Crippen LogP contribution >= 0.6 is 0 Å². The highest BCUT2D eigenvalue weighted by Gasteiger charge is 2.35. The molecule has 5 nitrogen and oxygen atoms in total. The van der Waals surface area contributed by atoms with Gasteiger partial charge in [0.25, 0.3) is 5.69 Å². The Balaban J connectivity index is 1.71. The first-order valence-corrected chi connectivity index (χ1v) is 7.60. The van der Waals surface area contributed by atoms with Crippen LogP contribution in [0, 0.1) is 10.1 Å². The van der Waals surface area contributed by atoms with Gasteiger partial charge in [-0.3, -0.25) is 10.1 Å². The second-order valence-corrected chi connectivity index (χ2v) is 5.85. The summed E-state index contributed by atoms with van der Waals surface area (Å²) in [5.41, 5.74) is 3.85. The van der Waals surface area contributed by atoms with Gasteiger partial charge in [0.15, 0.2) is 0 Å². The van der Waals surface area contributed by atoms with Crippen LogP contribution in [0.5, 0.6) is 0 Å². The molecule has 2 aliphatic rings. The second kappa shape index (κ2) is 5.02. The molecule has 0 spiro atoms. The van der Waals surface area contributed by atoms with Crippen LogP contribution in [-0.4, -0.2) is 17.6 Å². The summed E-state index contributed by atoms with van der Waals surface area (Å²) in [6.45, 7) is 1.93. The van der Waals surface area contributed by atoms with E-state index in [9.17, 15) is 10.1 Å². The molecule has 22 heavy (non-hydrogen) atoms. The number of nitro benzene ring substituents is 1. The summed E-state index contributed by atoms with van der Waals surface area (Å²) in [6, 6.07) is 15.4. The van der Waals surface area contributed by atoms with E-state index in [4.69, 9.17) is 0 Å². The van der Waals surface area contributed by atoms with Gasteiger partial charge in [-0.2, -0.15) is 0 Å². The van der Waals surface area contributed by atoms with Crippen molar-refractivity contribution in [3.05, 3.63) is 64.2 Å². The van der Waals surface area contributed by atoms with Gasteiger partial charge in [0.1, 0.15) is 6.17 Å². The lowest BCUT2D eigenvalue weighted by atomic mass is 10.1. The number of nitro groups is 1. The predicted octanol–water partition coefficient (Wildman–Crippen LogP) is 3.54. The first-order valence-electron chi connectivity index (χ1n) is 7.60. The number of nitrogens with zero attached hydrogens (tertiary/aromatic N) is 3. The Labute approximate surface area is 128 Å². The summed E-state index contributed by atoms with van der Waals surface area (Å²) in [5.74, 6) is 0. The third-order valence-electron chi connectivity index (χ3n) is 4.61. The summed E-state index contributed by atoms with van der Waals surface area (Å²) in [7, 11) is 0. The van der Waals surface area contributed by atoms with Gasteiger partial charge < -0.3 is 9.80 Å². The average molecular weight is 295 g/mol. The van der Waals surface area contributed by atoms with Crippen LogP contribution in [0.25, 0.3) is 0 Å². The summed E-state index contributed by atoms with van der Waals surface area (Å²) in [5, 5.41) is 10.8. The van der Waals surface area contributed by atoms with Gasteiger partial charge in [0.05, 0.1) is 4.92 Å².